The molecule has 1 aliphatic rings. The molecule has 0 aromatic heterocycles. The molecule has 0 bridgehead atoms. The number of esters is 1. The van der Waals surface area contributed by atoms with Gasteiger partial charge in [0.15, 0.2) is 0 Å². The van der Waals surface area contributed by atoms with Crippen LogP contribution in [0.4, 0.5) is 4.79 Å². The van der Waals surface area contributed by atoms with Gasteiger partial charge in [0.2, 0.25) is 0 Å². The highest BCUT2D eigenvalue weighted by Crippen LogP contribution is 2.20. The van der Waals surface area contributed by atoms with Gasteiger partial charge in [-0.25, -0.2) is 9.59 Å². The molecule has 1 amide bonds. The third kappa shape index (κ3) is 4.73. The van der Waals surface area contributed by atoms with Gasteiger partial charge < -0.3 is 19.5 Å². The molecule has 2 rings (SSSR count). The molecule has 6 heteroatoms. The smallest absolute Gasteiger partial charge is 0.408 e. The van der Waals surface area contributed by atoms with E-state index in [1.54, 1.807) is 0 Å². The van der Waals surface area contributed by atoms with E-state index in [9.17, 15) is 9.59 Å². The van der Waals surface area contributed by atoms with Crippen LogP contribution in [-0.4, -0.2) is 38.4 Å². The lowest BCUT2D eigenvalue weighted by molar-refractivity contribution is -0.145. The maximum Gasteiger partial charge on any atom is 0.408 e. The van der Waals surface area contributed by atoms with E-state index in [-0.39, 0.29) is 12.5 Å². The van der Waals surface area contributed by atoms with Crippen molar-refractivity contribution in [3.63, 3.8) is 0 Å². The minimum atomic E-state index is -0.697. The zero-order valence-corrected chi connectivity index (χ0v) is 12.6. The number of carbonyl (C=O) groups excluding carboxylic acids is 2. The Kier molecular flexibility index (Phi) is 6.21. The summed E-state index contributed by atoms with van der Waals surface area (Å²) in [5.41, 5.74) is 0.887. The van der Waals surface area contributed by atoms with Gasteiger partial charge in [-0.15, -0.1) is 0 Å². The van der Waals surface area contributed by atoms with Gasteiger partial charge in [0, 0.05) is 13.2 Å². The van der Waals surface area contributed by atoms with Crippen LogP contribution >= 0.6 is 0 Å². The molecule has 1 aromatic carbocycles. The van der Waals surface area contributed by atoms with Crippen molar-refractivity contribution in [2.45, 2.75) is 25.5 Å². The molecule has 22 heavy (non-hydrogen) atoms. The van der Waals surface area contributed by atoms with Gasteiger partial charge in [0.25, 0.3) is 0 Å². The maximum atomic E-state index is 11.9. The number of hydrogen-bond donors (Lipinski definition) is 1. The second kappa shape index (κ2) is 8.38. The van der Waals surface area contributed by atoms with Crippen LogP contribution in [0.1, 0.15) is 18.4 Å². The first-order valence-corrected chi connectivity index (χ1v) is 7.33. The Morgan fingerprint density at radius 1 is 1.27 bits per heavy atom. The monoisotopic (exact) mass is 307 g/mol. The maximum absolute atomic E-state index is 11.9. The number of rotatable bonds is 5. The first-order chi connectivity index (χ1) is 10.7. The number of hydrogen-bond acceptors (Lipinski definition) is 5. The summed E-state index contributed by atoms with van der Waals surface area (Å²) in [6.07, 6.45) is 0.794. The Hall–Kier alpha value is -2.08. The fourth-order valence-corrected chi connectivity index (χ4v) is 2.44. The topological polar surface area (TPSA) is 73.9 Å². The molecule has 0 unspecified atom stereocenters. The van der Waals surface area contributed by atoms with E-state index in [0.29, 0.717) is 26.1 Å². The number of alkyl carbamates (subject to hydrolysis) is 1. The van der Waals surface area contributed by atoms with Crippen LogP contribution in [0, 0.1) is 5.92 Å². The largest absolute Gasteiger partial charge is 0.467 e. The molecule has 0 radical (unpaired) electrons. The van der Waals surface area contributed by atoms with Crippen LogP contribution in [0.3, 0.4) is 0 Å². The van der Waals surface area contributed by atoms with E-state index in [2.05, 4.69) is 5.32 Å². The average molecular weight is 307 g/mol. The van der Waals surface area contributed by atoms with E-state index in [0.717, 1.165) is 5.56 Å². The molecule has 0 spiro atoms. The molecule has 120 valence electrons. The standard InChI is InChI=1S/C16H21NO5/c1-20-15(18)14(13-7-9-21-10-8-13)17-16(19)22-11-12-5-3-2-4-6-12/h2-6,13-14H,7-11H2,1H3,(H,17,19)/t14-/m1/s1. The van der Waals surface area contributed by atoms with Crippen molar-refractivity contribution in [3.8, 4) is 0 Å². The highest BCUT2D eigenvalue weighted by atomic mass is 16.6. The van der Waals surface area contributed by atoms with Crippen LogP contribution in [0.2, 0.25) is 0 Å². The summed E-state index contributed by atoms with van der Waals surface area (Å²) < 4.78 is 15.2. The van der Waals surface area contributed by atoms with Crippen molar-refractivity contribution in [2.75, 3.05) is 20.3 Å². The summed E-state index contributed by atoms with van der Waals surface area (Å²) >= 11 is 0. The minimum absolute atomic E-state index is 0.00507. The summed E-state index contributed by atoms with van der Waals surface area (Å²) in [7, 11) is 1.31. The Bertz CT molecular complexity index is 485. The van der Waals surface area contributed by atoms with Crippen LogP contribution in [0.15, 0.2) is 30.3 Å². The van der Waals surface area contributed by atoms with E-state index >= 15 is 0 Å². The number of ether oxygens (including phenoxy) is 3. The lowest BCUT2D eigenvalue weighted by atomic mass is 9.92. The molecule has 6 nitrogen and oxygen atoms in total. The van der Waals surface area contributed by atoms with Gasteiger partial charge in [-0.2, -0.15) is 0 Å². The molecular formula is C16H21NO5. The highest BCUT2D eigenvalue weighted by molar-refractivity contribution is 5.81. The zero-order chi connectivity index (χ0) is 15.8. The molecule has 1 atom stereocenters. The summed E-state index contributed by atoms with van der Waals surface area (Å²) in [6, 6.07) is 8.66. The Morgan fingerprint density at radius 2 is 1.95 bits per heavy atom. The van der Waals surface area contributed by atoms with Crippen LogP contribution < -0.4 is 5.32 Å². The number of amides is 1. The van der Waals surface area contributed by atoms with Crippen molar-refractivity contribution >= 4 is 12.1 Å². The first kappa shape index (κ1) is 16.3. The average Bonchev–Trinajstić information content (AvgIpc) is 2.59. The van der Waals surface area contributed by atoms with Crippen LogP contribution in [0.25, 0.3) is 0 Å². The number of methoxy groups -OCH3 is 1. The molecule has 1 N–H and O–H groups in total. The minimum Gasteiger partial charge on any atom is -0.467 e. The zero-order valence-electron chi connectivity index (χ0n) is 12.6. The molecule has 1 saturated heterocycles. The van der Waals surface area contributed by atoms with Gasteiger partial charge in [-0.05, 0) is 24.3 Å². The first-order valence-electron chi connectivity index (χ1n) is 7.33. The summed E-state index contributed by atoms with van der Waals surface area (Å²) in [6.45, 7) is 1.33. The third-order valence-electron chi connectivity index (χ3n) is 3.68. The third-order valence-corrected chi connectivity index (χ3v) is 3.68. The molecular weight excluding hydrogens is 286 g/mol. The summed E-state index contributed by atoms with van der Waals surface area (Å²) in [4.78, 5) is 23.8. The lowest BCUT2D eigenvalue weighted by Gasteiger charge is -2.28. The number of carbonyl (C=O) groups is 2. The molecule has 1 aliphatic heterocycles. The molecule has 1 fully saturated rings. The van der Waals surface area contributed by atoms with Crippen molar-refractivity contribution < 1.29 is 23.8 Å². The fourth-order valence-electron chi connectivity index (χ4n) is 2.44. The molecule has 0 saturated carbocycles. The second-order valence-electron chi connectivity index (χ2n) is 5.16. The number of benzene rings is 1. The number of nitrogens with one attached hydrogen (secondary N) is 1. The van der Waals surface area contributed by atoms with E-state index in [4.69, 9.17) is 14.2 Å². The van der Waals surface area contributed by atoms with Gasteiger partial charge >= 0.3 is 12.1 Å². The van der Waals surface area contributed by atoms with Crippen molar-refractivity contribution in [3.05, 3.63) is 35.9 Å². The molecule has 0 aliphatic carbocycles. The Labute approximate surface area is 129 Å². The normalized spacial score (nSPS) is 16.6. The van der Waals surface area contributed by atoms with E-state index in [1.165, 1.54) is 7.11 Å². The van der Waals surface area contributed by atoms with Gasteiger partial charge in [0.05, 0.1) is 7.11 Å². The highest BCUT2D eigenvalue weighted by Gasteiger charge is 2.32. The van der Waals surface area contributed by atoms with Gasteiger partial charge in [-0.3, -0.25) is 0 Å². The fraction of sp³-hybridized carbons (Fsp3) is 0.500. The molecule has 1 heterocycles. The Balaban J connectivity index is 1.88. The van der Waals surface area contributed by atoms with Crippen LogP contribution in [0.5, 0.6) is 0 Å². The predicted molar refractivity (Wildman–Crippen MR) is 79.1 cm³/mol. The van der Waals surface area contributed by atoms with Crippen molar-refractivity contribution in [1.82, 2.24) is 5.32 Å². The second-order valence-corrected chi connectivity index (χ2v) is 5.16. The summed E-state index contributed by atoms with van der Waals surface area (Å²) in [5, 5.41) is 2.62. The SMILES string of the molecule is COC(=O)[C@H](NC(=O)OCc1ccccc1)C1CCOCC1. The molecule has 1 aromatic rings. The van der Waals surface area contributed by atoms with E-state index in [1.807, 2.05) is 30.3 Å². The van der Waals surface area contributed by atoms with Crippen molar-refractivity contribution in [1.29, 1.82) is 0 Å². The van der Waals surface area contributed by atoms with Crippen LogP contribution in [-0.2, 0) is 25.6 Å². The van der Waals surface area contributed by atoms with Gasteiger partial charge in [0.1, 0.15) is 12.6 Å². The predicted octanol–water partition coefficient (Wildman–Crippen LogP) is 1.88. The lowest BCUT2D eigenvalue weighted by Crippen LogP contribution is -2.48. The summed E-state index contributed by atoms with van der Waals surface area (Å²) in [5.74, 6) is -0.450. The Morgan fingerprint density at radius 3 is 2.59 bits per heavy atom. The van der Waals surface area contributed by atoms with E-state index < -0.39 is 18.1 Å². The van der Waals surface area contributed by atoms with Crippen molar-refractivity contribution in [2.24, 2.45) is 5.92 Å². The van der Waals surface area contributed by atoms with Gasteiger partial charge in [-0.1, -0.05) is 30.3 Å². The quantitative estimate of drug-likeness (QED) is 0.841.